The van der Waals surface area contributed by atoms with Crippen molar-refractivity contribution in [1.82, 2.24) is 0 Å². The van der Waals surface area contributed by atoms with Crippen LogP contribution in [-0.2, 0) is 4.74 Å². The van der Waals surface area contributed by atoms with Crippen LogP contribution < -0.4 is 4.74 Å². The highest BCUT2D eigenvalue weighted by Gasteiger charge is 2.18. The van der Waals surface area contributed by atoms with Crippen LogP contribution in [0.1, 0.15) is 37.4 Å². The maximum absolute atomic E-state index is 13.2. The van der Waals surface area contributed by atoms with Crippen LogP contribution in [-0.4, -0.2) is 24.9 Å². The summed E-state index contributed by atoms with van der Waals surface area (Å²) >= 11 is 0. The Bertz CT molecular complexity index is 389. The summed E-state index contributed by atoms with van der Waals surface area (Å²) in [5.41, 5.74) is 0.686. The maximum atomic E-state index is 13.2. The Morgan fingerprint density at radius 2 is 2.39 bits per heavy atom. The summed E-state index contributed by atoms with van der Waals surface area (Å²) in [7, 11) is 1.42. The quantitative estimate of drug-likeness (QED) is 0.878. The highest BCUT2D eigenvalue weighted by molar-refractivity contribution is 5.31. The molecule has 2 atom stereocenters. The molecule has 4 heteroatoms. The zero-order valence-electron chi connectivity index (χ0n) is 10.6. The summed E-state index contributed by atoms with van der Waals surface area (Å²) in [5.74, 6) is -0.240. The molecule has 0 spiro atoms. The Morgan fingerprint density at radius 3 is 3.06 bits per heavy atom. The Kier molecular flexibility index (Phi) is 4.55. The molecule has 2 unspecified atom stereocenters. The number of hydrogen-bond donors (Lipinski definition) is 1. The van der Waals surface area contributed by atoms with Crippen LogP contribution in [0.5, 0.6) is 5.75 Å². The van der Waals surface area contributed by atoms with E-state index in [0.29, 0.717) is 12.0 Å². The third kappa shape index (κ3) is 3.21. The van der Waals surface area contributed by atoms with E-state index in [1.807, 2.05) is 0 Å². The molecule has 100 valence electrons. The normalized spacial score (nSPS) is 20.9. The lowest BCUT2D eigenvalue weighted by atomic mass is 10.0. The molecule has 0 saturated carbocycles. The molecule has 1 N–H and O–H groups in total. The molecule has 1 aliphatic heterocycles. The smallest absolute Gasteiger partial charge is 0.165 e. The number of rotatable bonds is 5. The van der Waals surface area contributed by atoms with Crippen molar-refractivity contribution in [3.05, 3.63) is 29.6 Å². The van der Waals surface area contributed by atoms with Crippen molar-refractivity contribution in [3.8, 4) is 5.75 Å². The van der Waals surface area contributed by atoms with Crippen molar-refractivity contribution in [1.29, 1.82) is 0 Å². The van der Waals surface area contributed by atoms with Gasteiger partial charge in [0.25, 0.3) is 0 Å². The summed E-state index contributed by atoms with van der Waals surface area (Å²) in [5, 5.41) is 10.1. The van der Waals surface area contributed by atoms with E-state index in [1.165, 1.54) is 13.2 Å². The largest absolute Gasteiger partial charge is 0.494 e. The lowest BCUT2D eigenvalue weighted by molar-refractivity contribution is 0.0811. The van der Waals surface area contributed by atoms with Crippen molar-refractivity contribution in [3.63, 3.8) is 0 Å². The predicted molar refractivity (Wildman–Crippen MR) is 66.1 cm³/mol. The topological polar surface area (TPSA) is 38.7 Å². The van der Waals surface area contributed by atoms with Gasteiger partial charge in [-0.15, -0.1) is 0 Å². The van der Waals surface area contributed by atoms with E-state index < -0.39 is 11.9 Å². The molecule has 1 saturated heterocycles. The van der Waals surface area contributed by atoms with Crippen LogP contribution >= 0.6 is 0 Å². The predicted octanol–water partition coefficient (Wildman–Crippen LogP) is 2.83. The summed E-state index contributed by atoms with van der Waals surface area (Å²) in [6.07, 6.45) is 3.30. The van der Waals surface area contributed by atoms with Gasteiger partial charge >= 0.3 is 0 Å². The summed E-state index contributed by atoms with van der Waals surface area (Å²) < 4.78 is 23.6. The fourth-order valence-corrected chi connectivity index (χ4v) is 2.27. The molecule has 0 bridgehead atoms. The van der Waals surface area contributed by atoms with Gasteiger partial charge in [0.15, 0.2) is 11.6 Å². The fraction of sp³-hybridized carbons (Fsp3) is 0.571. The molecular weight excluding hydrogens is 235 g/mol. The average molecular weight is 254 g/mol. The monoisotopic (exact) mass is 254 g/mol. The second-order valence-corrected chi connectivity index (χ2v) is 4.62. The number of methoxy groups -OCH3 is 1. The second kappa shape index (κ2) is 6.16. The van der Waals surface area contributed by atoms with Crippen LogP contribution in [0.2, 0.25) is 0 Å². The third-order valence-corrected chi connectivity index (χ3v) is 3.35. The highest BCUT2D eigenvalue weighted by Crippen LogP contribution is 2.27. The molecule has 0 radical (unpaired) electrons. The van der Waals surface area contributed by atoms with Gasteiger partial charge in [0.1, 0.15) is 0 Å². The summed E-state index contributed by atoms with van der Waals surface area (Å²) in [6.45, 7) is 0.825. The average Bonchev–Trinajstić information content (AvgIpc) is 2.89. The van der Waals surface area contributed by atoms with E-state index in [-0.39, 0.29) is 11.9 Å². The first kappa shape index (κ1) is 13.3. The minimum atomic E-state index is -0.594. The minimum Gasteiger partial charge on any atom is -0.494 e. The van der Waals surface area contributed by atoms with Gasteiger partial charge in [-0.05, 0) is 43.4 Å². The molecule has 0 aliphatic carbocycles. The van der Waals surface area contributed by atoms with Crippen LogP contribution in [0.25, 0.3) is 0 Å². The molecule has 1 aliphatic rings. The van der Waals surface area contributed by atoms with E-state index >= 15 is 0 Å². The van der Waals surface area contributed by atoms with E-state index in [4.69, 9.17) is 9.47 Å². The van der Waals surface area contributed by atoms with Crippen molar-refractivity contribution in [2.75, 3.05) is 13.7 Å². The van der Waals surface area contributed by atoms with Crippen molar-refractivity contribution in [2.24, 2.45) is 0 Å². The zero-order valence-corrected chi connectivity index (χ0v) is 10.6. The number of aliphatic hydroxyl groups is 1. The van der Waals surface area contributed by atoms with Crippen LogP contribution in [0, 0.1) is 5.82 Å². The standard InChI is InChI=1S/C14H19FO3/c1-17-14-9-10(4-6-12(14)15)13(16)7-5-11-3-2-8-18-11/h4,6,9,11,13,16H,2-3,5,7-8H2,1H3. The number of halogens is 1. The molecular formula is C14H19FO3. The molecule has 1 fully saturated rings. The Morgan fingerprint density at radius 1 is 1.56 bits per heavy atom. The Balaban J connectivity index is 1.93. The molecule has 1 heterocycles. The Hall–Kier alpha value is -1.13. The second-order valence-electron chi connectivity index (χ2n) is 4.62. The van der Waals surface area contributed by atoms with Gasteiger partial charge in [-0.2, -0.15) is 0 Å². The van der Waals surface area contributed by atoms with Gasteiger partial charge in [-0.25, -0.2) is 4.39 Å². The van der Waals surface area contributed by atoms with Gasteiger partial charge in [-0.1, -0.05) is 6.07 Å². The van der Waals surface area contributed by atoms with Gasteiger partial charge < -0.3 is 14.6 Å². The lowest BCUT2D eigenvalue weighted by Crippen LogP contribution is -2.08. The zero-order chi connectivity index (χ0) is 13.0. The first-order valence-electron chi connectivity index (χ1n) is 6.34. The molecule has 3 nitrogen and oxygen atoms in total. The maximum Gasteiger partial charge on any atom is 0.165 e. The number of aliphatic hydroxyl groups excluding tert-OH is 1. The third-order valence-electron chi connectivity index (χ3n) is 3.35. The molecule has 18 heavy (non-hydrogen) atoms. The number of benzene rings is 1. The molecule has 2 rings (SSSR count). The highest BCUT2D eigenvalue weighted by atomic mass is 19.1. The van der Waals surface area contributed by atoms with E-state index in [2.05, 4.69) is 0 Å². The van der Waals surface area contributed by atoms with Gasteiger partial charge in [-0.3, -0.25) is 0 Å². The number of hydrogen-bond acceptors (Lipinski definition) is 3. The SMILES string of the molecule is COc1cc(C(O)CCC2CCCO2)ccc1F. The van der Waals surface area contributed by atoms with Crippen LogP contribution in [0.15, 0.2) is 18.2 Å². The van der Waals surface area contributed by atoms with E-state index in [1.54, 1.807) is 12.1 Å². The lowest BCUT2D eigenvalue weighted by Gasteiger charge is -2.15. The number of ether oxygens (including phenoxy) is 2. The van der Waals surface area contributed by atoms with Gasteiger partial charge in [0.2, 0.25) is 0 Å². The van der Waals surface area contributed by atoms with Gasteiger partial charge in [0.05, 0.1) is 19.3 Å². The van der Waals surface area contributed by atoms with Crippen molar-refractivity contribution in [2.45, 2.75) is 37.9 Å². The first-order valence-corrected chi connectivity index (χ1v) is 6.34. The van der Waals surface area contributed by atoms with Gasteiger partial charge in [0, 0.05) is 6.61 Å². The molecule has 1 aromatic carbocycles. The minimum absolute atomic E-state index is 0.170. The summed E-state index contributed by atoms with van der Waals surface area (Å²) in [6, 6.07) is 4.47. The fourth-order valence-electron chi connectivity index (χ4n) is 2.27. The van der Waals surface area contributed by atoms with Crippen molar-refractivity contribution >= 4 is 0 Å². The van der Waals surface area contributed by atoms with Crippen molar-refractivity contribution < 1.29 is 19.0 Å². The molecule has 0 amide bonds. The molecule has 0 aromatic heterocycles. The van der Waals surface area contributed by atoms with Crippen LogP contribution in [0.3, 0.4) is 0 Å². The van der Waals surface area contributed by atoms with E-state index in [9.17, 15) is 9.50 Å². The Labute approximate surface area is 107 Å². The summed E-state index contributed by atoms with van der Waals surface area (Å²) in [4.78, 5) is 0. The first-order chi connectivity index (χ1) is 8.70. The molecule has 1 aromatic rings. The van der Waals surface area contributed by atoms with Crippen LogP contribution in [0.4, 0.5) is 4.39 Å². The van der Waals surface area contributed by atoms with E-state index in [0.717, 1.165) is 25.9 Å².